The lowest BCUT2D eigenvalue weighted by molar-refractivity contribution is -0.145. The van der Waals surface area contributed by atoms with E-state index < -0.39 is 0 Å². The number of carbonyl (C=O) groups is 1. The van der Waals surface area contributed by atoms with Gasteiger partial charge in [0, 0.05) is 23.1 Å². The van der Waals surface area contributed by atoms with Crippen molar-refractivity contribution in [1.29, 1.82) is 0 Å². The van der Waals surface area contributed by atoms with E-state index in [0.717, 1.165) is 35.3 Å². The number of fused-ring (bicyclic) bond motifs is 1. The molecule has 0 amide bonds. The first kappa shape index (κ1) is 26.3. The maximum absolute atomic E-state index is 12.1. The van der Waals surface area contributed by atoms with E-state index in [4.69, 9.17) is 21.1 Å². The Bertz CT molecular complexity index is 764. The fourth-order valence-electron chi connectivity index (χ4n) is 3.65. The molecule has 0 unspecified atom stereocenters. The van der Waals surface area contributed by atoms with Crippen molar-refractivity contribution in [1.82, 2.24) is 0 Å². The Balaban J connectivity index is 1.52. The molecule has 0 aliphatic carbocycles. The largest absolute Gasteiger partial charge is 0.488 e. The molecule has 0 atom stereocenters. The van der Waals surface area contributed by atoms with E-state index >= 15 is 0 Å². The van der Waals surface area contributed by atoms with E-state index in [1.54, 1.807) is 0 Å². The van der Waals surface area contributed by atoms with Crippen LogP contribution in [0.1, 0.15) is 95.1 Å². The molecule has 0 radical (unpaired) electrons. The molecule has 1 aliphatic rings. The number of benzene rings is 1. The van der Waals surface area contributed by atoms with Crippen molar-refractivity contribution in [3.8, 4) is 5.75 Å². The Morgan fingerprint density at radius 3 is 2.47 bits per heavy atom. The van der Waals surface area contributed by atoms with Gasteiger partial charge < -0.3 is 9.47 Å². The Labute approximate surface area is 199 Å². The van der Waals surface area contributed by atoms with E-state index in [0.29, 0.717) is 19.6 Å². The highest BCUT2D eigenvalue weighted by atomic mass is 35.5. The summed E-state index contributed by atoms with van der Waals surface area (Å²) in [6.07, 6.45) is 22.5. The molecule has 4 heteroatoms. The van der Waals surface area contributed by atoms with Crippen molar-refractivity contribution in [2.45, 2.75) is 90.6 Å². The first-order chi connectivity index (χ1) is 15.7. The maximum atomic E-state index is 12.1. The smallest absolute Gasteiger partial charge is 0.306 e. The maximum Gasteiger partial charge on any atom is 0.306 e. The van der Waals surface area contributed by atoms with Crippen LogP contribution < -0.4 is 4.74 Å². The van der Waals surface area contributed by atoms with Crippen molar-refractivity contribution >= 4 is 23.6 Å². The van der Waals surface area contributed by atoms with E-state index in [1.807, 2.05) is 30.4 Å². The topological polar surface area (TPSA) is 35.5 Å². The summed E-state index contributed by atoms with van der Waals surface area (Å²) in [7, 11) is 0. The van der Waals surface area contributed by atoms with Crippen LogP contribution >= 0.6 is 11.6 Å². The molecular weight excluding hydrogens is 420 g/mol. The molecule has 1 aromatic carbocycles. The molecule has 1 aromatic rings. The Morgan fingerprint density at radius 2 is 1.72 bits per heavy atom. The third kappa shape index (κ3) is 11.0. The lowest BCUT2D eigenvalue weighted by Crippen LogP contribution is -2.05. The van der Waals surface area contributed by atoms with E-state index in [9.17, 15) is 4.79 Å². The van der Waals surface area contributed by atoms with Gasteiger partial charge in [0.05, 0.1) is 0 Å². The summed E-state index contributed by atoms with van der Waals surface area (Å²) in [5.74, 6) is 0.692. The van der Waals surface area contributed by atoms with Crippen LogP contribution in [-0.4, -0.2) is 12.6 Å². The number of rotatable bonds is 15. The normalized spacial score (nSPS) is 14.4. The monoisotopic (exact) mass is 458 g/mol. The summed E-state index contributed by atoms with van der Waals surface area (Å²) in [6.45, 7) is 3.00. The molecule has 0 saturated heterocycles. The predicted octanol–water partition coefficient (Wildman–Crippen LogP) is 8.52. The van der Waals surface area contributed by atoms with Crippen molar-refractivity contribution in [3.05, 3.63) is 58.7 Å². The fourth-order valence-corrected chi connectivity index (χ4v) is 3.78. The third-order valence-electron chi connectivity index (χ3n) is 5.63. The molecule has 0 bridgehead atoms. The molecule has 1 aliphatic heterocycles. The Morgan fingerprint density at radius 1 is 1.00 bits per heavy atom. The standard InChI is InChI=1S/C28H39ClO3/c1-2-3-4-5-6-7-8-9-10-11-12-13-14-15-28(30)32-22-24-17-19-27-26(20-24)18-16-25(21-29)23-31-27/h7-8,16-21H,2-6,9-15,22-23H2,1H3/b8-7-,25-21-. The summed E-state index contributed by atoms with van der Waals surface area (Å²) in [4.78, 5) is 12.1. The number of ether oxygens (including phenoxy) is 2. The van der Waals surface area contributed by atoms with Gasteiger partial charge in [0.25, 0.3) is 0 Å². The van der Waals surface area contributed by atoms with Crippen molar-refractivity contribution < 1.29 is 14.3 Å². The molecule has 176 valence electrons. The molecule has 3 nitrogen and oxygen atoms in total. The van der Waals surface area contributed by atoms with Gasteiger partial charge in [0.2, 0.25) is 0 Å². The minimum atomic E-state index is -0.120. The first-order valence-electron chi connectivity index (χ1n) is 12.3. The number of allylic oxidation sites excluding steroid dienone is 2. The molecule has 1 heterocycles. The van der Waals surface area contributed by atoms with Gasteiger partial charge in [-0.1, -0.05) is 87.4 Å². The zero-order valence-corrected chi connectivity index (χ0v) is 20.4. The van der Waals surface area contributed by atoms with Crippen LogP contribution in [-0.2, 0) is 16.1 Å². The number of hydrogen-bond acceptors (Lipinski definition) is 3. The second-order valence-corrected chi connectivity index (χ2v) is 8.68. The number of halogens is 1. The van der Waals surface area contributed by atoms with E-state index in [1.165, 1.54) is 63.3 Å². The zero-order valence-electron chi connectivity index (χ0n) is 19.6. The summed E-state index contributed by atoms with van der Waals surface area (Å²) in [6, 6.07) is 5.85. The molecule has 0 saturated carbocycles. The summed E-state index contributed by atoms with van der Waals surface area (Å²) >= 11 is 5.77. The highest BCUT2D eigenvalue weighted by Crippen LogP contribution is 2.26. The van der Waals surface area contributed by atoms with Crippen LogP contribution in [0, 0.1) is 0 Å². The second-order valence-electron chi connectivity index (χ2n) is 8.47. The zero-order chi connectivity index (χ0) is 22.9. The first-order valence-corrected chi connectivity index (χ1v) is 12.7. The summed E-state index contributed by atoms with van der Waals surface area (Å²) in [5, 5.41) is 0. The van der Waals surface area contributed by atoms with Gasteiger partial charge >= 0.3 is 5.97 Å². The van der Waals surface area contributed by atoms with Crippen LogP contribution in [0.25, 0.3) is 6.08 Å². The van der Waals surface area contributed by atoms with Gasteiger partial charge in [-0.05, 0) is 49.8 Å². The number of hydrogen-bond donors (Lipinski definition) is 0. The Kier molecular flexibility index (Phi) is 13.6. The Hall–Kier alpha value is -2.00. The van der Waals surface area contributed by atoms with Crippen molar-refractivity contribution in [3.63, 3.8) is 0 Å². The quantitative estimate of drug-likeness (QED) is 0.150. The lowest BCUT2D eigenvalue weighted by Gasteiger charge is -2.09. The second kappa shape index (κ2) is 16.6. The van der Waals surface area contributed by atoms with Crippen LogP contribution in [0.2, 0.25) is 0 Å². The van der Waals surface area contributed by atoms with Gasteiger partial charge in [-0.25, -0.2) is 0 Å². The molecule has 2 rings (SSSR count). The van der Waals surface area contributed by atoms with Crippen LogP contribution in [0.15, 0.2) is 47.5 Å². The highest BCUT2D eigenvalue weighted by Gasteiger charge is 2.09. The minimum absolute atomic E-state index is 0.120. The summed E-state index contributed by atoms with van der Waals surface area (Å²) in [5.41, 5.74) is 4.38. The number of esters is 1. The minimum Gasteiger partial charge on any atom is -0.488 e. The summed E-state index contributed by atoms with van der Waals surface area (Å²) < 4.78 is 11.2. The van der Waals surface area contributed by atoms with Crippen molar-refractivity contribution in [2.24, 2.45) is 0 Å². The molecule has 0 aromatic heterocycles. The average Bonchev–Trinajstić information content (AvgIpc) is 3.02. The SMILES string of the molecule is CCCCCC/C=C\CCCCCCCC(=O)OCc1ccc2c(c1)C=C/C(=C/Cl)CO2. The van der Waals surface area contributed by atoms with Crippen LogP contribution in [0.4, 0.5) is 0 Å². The highest BCUT2D eigenvalue weighted by molar-refractivity contribution is 6.25. The predicted molar refractivity (Wildman–Crippen MR) is 135 cm³/mol. The number of carbonyl (C=O) groups excluding carboxylic acids is 1. The van der Waals surface area contributed by atoms with Gasteiger partial charge in [0.15, 0.2) is 0 Å². The van der Waals surface area contributed by atoms with Gasteiger partial charge in [-0.15, -0.1) is 0 Å². The molecule has 0 fully saturated rings. The molecule has 0 N–H and O–H groups in total. The third-order valence-corrected chi connectivity index (χ3v) is 5.91. The average molecular weight is 459 g/mol. The van der Waals surface area contributed by atoms with Crippen molar-refractivity contribution in [2.75, 3.05) is 6.61 Å². The lowest BCUT2D eigenvalue weighted by atomic mass is 10.1. The van der Waals surface area contributed by atoms with Crippen LogP contribution in [0.5, 0.6) is 5.75 Å². The fraction of sp³-hybridized carbons (Fsp3) is 0.536. The molecular formula is C28H39ClO3. The molecule has 0 spiro atoms. The van der Waals surface area contributed by atoms with Gasteiger partial charge in [-0.2, -0.15) is 0 Å². The van der Waals surface area contributed by atoms with Gasteiger partial charge in [0.1, 0.15) is 19.0 Å². The molecule has 32 heavy (non-hydrogen) atoms. The number of unbranched alkanes of at least 4 members (excludes halogenated alkanes) is 9. The van der Waals surface area contributed by atoms with E-state index in [2.05, 4.69) is 19.1 Å². The van der Waals surface area contributed by atoms with Crippen LogP contribution in [0.3, 0.4) is 0 Å². The van der Waals surface area contributed by atoms with Gasteiger partial charge in [-0.3, -0.25) is 4.79 Å². The van der Waals surface area contributed by atoms with E-state index in [-0.39, 0.29) is 5.97 Å².